The Balaban J connectivity index is 2.10. The number of amides is 2. The molecule has 1 aliphatic rings. The Hall–Kier alpha value is -1.73. The van der Waals surface area contributed by atoms with E-state index >= 15 is 0 Å². The number of nitrogens with zero attached hydrogens (tertiary/aromatic N) is 1. The molecule has 6 nitrogen and oxygen atoms in total. The number of carbonyl (C=O) groups excluding carboxylic acids is 2. The maximum absolute atomic E-state index is 12.6. The van der Waals surface area contributed by atoms with Crippen molar-refractivity contribution in [3.05, 3.63) is 29.8 Å². The monoisotopic (exact) mass is 379 g/mol. The molecule has 144 valence electrons. The molecule has 26 heavy (non-hydrogen) atoms. The summed E-state index contributed by atoms with van der Waals surface area (Å²) in [6.45, 7) is 5.21. The standard InChI is InChI=1S/C19H29N3O3S/c1-13(2)20-19(24)17-9-15(21-18(23)12-26-4)11-22(17)10-14-6-5-7-16(8-14)25-3/h5-8,13,15,17H,9-12H2,1-4H3,(H,20,24)(H,21,23)/t15-,17+/m1/s1. The Morgan fingerprint density at radius 3 is 2.81 bits per heavy atom. The zero-order valence-electron chi connectivity index (χ0n) is 16.0. The first kappa shape index (κ1) is 20.6. The molecule has 0 aromatic heterocycles. The van der Waals surface area contributed by atoms with Gasteiger partial charge in [0, 0.05) is 25.2 Å². The number of carbonyl (C=O) groups is 2. The van der Waals surface area contributed by atoms with Gasteiger partial charge in [-0.3, -0.25) is 14.5 Å². The summed E-state index contributed by atoms with van der Waals surface area (Å²) < 4.78 is 5.29. The van der Waals surface area contributed by atoms with Crippen LogP contribution >= 0.6 is 11.8 Å². The van der Waals surface area contributed by atoms with Crippen LogP contribution in [0.2, 0.25) is 0 Å². The minimum absolute atomic E-state index is 0.0110. The summed E-state index contributed by atoms with van der Waals surface area (Å²) >= 11 is 1.50. The number of rotatable bonds is 8. The Morgan fingerprint density at radius 2 is 2.15 bits per heavy atom. The molecular formula is C19H29N3O3S. The Kier molecular flexibility index (Phi) is 7.78. The number of methoxy groups -OCH3 is 1. The molecule has 0 aliphatic carbocycles. The van der Waals surface area contributed by atoms with Gasteiger partial charge in [-0.25, -0.2) is 0 Å². The molecule has 1 aromatic carbocycles. The second kappa shape index (κ2) is 9.83. The maximum atomic E-state index is 12.6. The SMILES string of the molecule is COc1cccc(CN2C[C@H](NC(=O)CSC)C[C@H]2C(=O)NC(C)C)c1. The van der Waals surface area contributed by atoms with Crippen molar-refractivity contribution >= 4 is 23.6 Å². The summed E-state index contributed by atoms with van der Waals surface area (Å²) in [6.07, 6.45) is 2.53. The van der Waals surface area contributed by atoms with Crippen LogP contribution < -0.4 is 15.4 Å². The highest BCUT2D eigenvalue weighted by atomic mass is 32.2. The average Bonchev–Trinajstić information content (AvgIpc) is 2.97. The van der Waals surface area contributed by atoms with Gasteiger partial charge >= 0.3 is 0 Å². The van der Waals surface area contributed by atoms with E-state index in [0.717, 1.165) is 11.3 Å². The van der Waals surface area contributed by atoms with E-state index in [9.17, 15) is 9.59 Å². The molecule has 7 heteroatoms. The van der Waals surface area contributed by atoms with Crippen LogP contribution in [-0.2, 0) is 16.1 Å². The number of nitrogens with one attached hydrogen (secondary N) is 2. The number of hydrogen-bond donors (Lipinski definition) is 2. The number of ether oxygens (including phenoxy) is 1. The van der Waals surface area contributed by atoms with Gasteiger partial charge in [0.05, 0.1) is 18.9 Å². The molecule has 2 rings (SSSR count). The number of thioether (sulfide) groups is 1. The molecule has 0 unspecified atom stereocenters. The molecule has 1 saturated heterocycles. The minimum atomic E-state index is -0.247. The largest absolute Gasteiger partial charge is 0.497 e. The second-order valence-electron chi connectivity index (χ2n) is 6.89. The molecule has 0 saturated carbocycles. The highest BCUT2D eigenvalue weighted by molar-refractivity contribution is 7.99. The zero-order chi connectivity index (χ0) is 19.1. The fraction of sp³-hybridized carbons (Fsp3) is 0.579. The van der Waals surface area contributed by atoms with Crippen molar-refractivity contribution in [1.82, 2.24) is 15.5 Å². The molecule has 0 radical (unpaired) electrons. The molecule has 2 amide bonds. The van der Waals surface area contributed by atoms with Crippen molar-refractivity contribution < 1.29 is 14.3 Å². The van der Waals surface area contributed by atoms with Crippen molar-refractivity contribution in [3.8, 4) is 5.75 Å². The van der Waals surface area contributed by atoms with Gasteiger partial charge in [0.15, 0.2) is 0 Å². The van der Waals surface area contributed by atoms with Crippen molar-refractivity contribution in [1.29, 1.82) is 0 Å². The summed E-state index contributed by atoms with van der Waals surface area (Å²) in [7, 11) is 1.64. The van der Waals surface area contributed by atoms with Crippen LogP contribution in [0, 0.1) is 0 Å². The lowest BCUT2D eigenvalue weighted by atomic mass is 10.1. The molecule has 2 atom stereocenters. The van der Waals surface area contributed by atoms with Gasteiger partial charge in [0.1, 0.15) is 5.75 Å². The third kappa shape index (κ3) is 5.92. The molecule has 0 spiro atoms. The van der Waals surface area contributed by atoms with Gasteiger partial charge in [0.2, 0.25) is 11.8 Å². The Bertz CT molecular complexity index is 624. The van der Waals surface area contributed by atoms with Gasteiger partial charge in [-0.15, -0.1) is 0 Å². The lowest BCUT2D eigenvalue weighted by Crippen LogP contribution is -2.45. The summed E-state index contributed by atoms with van der Waals surface area (Å²) in [5.74, 6) is 1.28. The van der Waals surface area contributed by atoms with E-state index in [2.05, 4.69) is 15.5 Å². The highest BCUT2D eigenvalue weighted by Crippen LogP contribution is 2.23. The van der Waals surface area contributed by atoms with Gasteiger partial charge in [0.25, 0.3) is 0 Å². The number of hydrogen-bond acceptors (Lipinski definition) is 5. The minimum Gasteiger partial charge on any atom is -0.497 e. The number of benzene rings is 1. The van der Waals surface area contributed by atoms with Crippen molar-refractivity contribution in [2.24, 2.45) is 0 Å². The first-order valence-corrected chi connectivity index (χ1v) is 10.3. The van der Waals surface area contributed by atoms with Gasteiger partial charge in [-0.05, 0) is 44.2 Å². The Labute approximate surface area is 160 Å². The van der Waals surface area contributed by atoms with Crippen LogP contribution in [0.25, 0.3) is 0 Å². The number of likely N-dealkylation sites (tertiary alicyclic amines) is 1. The topological polar surface area (TPSA) is 70.7 Å². The van der Waals surface area contributed by atoms with Crippen molar-refractivity contribution in [2.45, 2.75) is 44.9 Å². The predicted octanol–water partition coefficient (Wildman–Crippen LogP) is 1.64. The highest BCUT2D eigenvalue weighted by Gasteiger charge is 2.37. The van der Waals surface area contributed by atoms with Gasteiger partial charge < -0.3 is 15.4 Å². The predicted molar refractivity (Wildman–Crippen MR) is 105 cm³/mol. The summed E-state index contributed by atoms with van der Waals surface area (Å²) in [4.78, 5) is 26.7. The normalized spacial score (nSPS) is 20.2. The smallest absolute Gasteiger partial charge is 0.237 e. The molecule has 2 N–H and O–H groups in total. The van der Waals surface area contributed by atoms with E-state index in [1.54, 1.807) is 7.11 Å². The van der Waals surface area contributed by atoms with Crippen molar-refractivity contribution in [3.63, 3.8) is 0 Å². The van der Waals surface area contributed by atoms with E-state index < -0.39 is 0 Å². The summed E-state index contributed by atoms with van der Waals surface area (Å²) in [5, 5.41) is 6.05. The molecule has 1 heterocycles. The van der Waals surface area contributed by atoms with Crippen LogP contribution in [0.3, 0.4) is 0 Å². The first-order chi connectivity index (χ1) is 12.4. The van der Waals surface area contributed by atoms with Gasteiger partial charge in [-0.1, -0.05) is 12.1 Å². The van der Waals surface area contributed by atoms with Gasteiger partial charge in [-0.2, -0.15) is 11.8 Å². The molecule has 1 aromatic rings. The van der Waals surface area contributed by atoms with Crippen LogP contribution in [0.1, 0.15) is 25.8 Å². The third-order valence-electron chi connectivity index (χ3n) is 4.30. The quantitative estimate of drug-likeness (QED) is 0.719. The van der Waals surface area contributed by atoms with E-state index in [1.807, 2.05) is 44.4 Å². The first-order valence-electron chi connectivity index (χ1n) is 8.88. The lowest BCUT2D eigenvalue weighted by Gasteiger charge is -2.24. The van der Waals surface area contributed by atoms with E-state index in [4.69, 9.17) is 4.74 Å². The summed E-state index contributed by atoms with van der Waals surface area (Å²) in [6, 6.07) is 7.70. The maximum Gasteiger partial charge on any atom is 0.237 e. The van der Waals surface area contributed by atoms with E-state index in [-0.39, 0.29) is 29.9 Å². The van der Waals surface area contributed by atoms with Crippen LogP contribution in [0.15, 0.2) is 24.3 Å². The Morgan fingerprint density at radius 1 is 1.38 bits per heavy atom. The molecule has 1 aliphatic heterocycles. The molecule has 1 fully saturated rings. The molecule has 0 bridgehead atoms. The van der Waals surface area contributed by atoms with E-state index in [0.29, 0.717) is 25.3 Å². The average molecular weight is 380 g/mol. The summed E-state index contributed by atoms with van der Waals surface area (Å²) in [5.41, 5.74) is 1.09. The fourth-order valence-corrected chi connectivity index (χ4v) is 3.59. The second-order valence-corrected chi connectivity index (χ2v) is 7.76. The van der Waals surface area contributed by atoms with Crippen molar-refractivity contribution in [2.75, 3.05) is 25.7 Å². The zero-order valence-corrected chi connectivity index (χ0v) is 16.8. The van der Waals surface area contributed by atoms with E-state index in [1.165, 1.54) is 11.8 Å². The fourth-order valence-electron chi connectivity index (χ4n) is 3.24. The van der Waals surface area contributed by atoms with Crippen LogP contribution in [0.4, 0.5) is 0 Å². The van der Waals surface area contributed by atoms with Crippen LogP contribution in [-0.4, -0.2) is 60.5 Å². The molecular weight excluding hydrogens is 350 g/mol. The third-order valence-corrected chi connectivity index (χ3v) is 4.85. The lowest BCUT2D eigenvalue weighted by molar-refractivity contribution is -0.126. The van der Waals surface area contributed by atoms with Crippen LogP contribution in [0.5, 0.6) is 5.75 Å².